The minimum atomic E-state index is -4.64. The molecule has 0 aliphatic carbocycles. The topological polar surface area (TPSA) is 227 Å². The number of aromatic amines is 2. The highest BCUT2D eigenvalue weighted by atomic mass is 32.2. The van der Waals surface area contributed by atoms with Crippen LogP contribution in [0, 0.1) is 0 Å². The number of imidazole rings is 1. The van der Waals surface area contributed by atoms with E-state index in [0.29, 0.717) is 24.0 Å². The number of benzene rings is 2. The highest BCUT2D eigenvalue weighted by molar-refractivity contribution is 7.94. The number of aromatic nitrogens is 6. The van der Waals surface area contributed by atoms with Gasteiger partial charge in [0.05, 0.1) is 26.7 Å². The Bertz CT molecular complexity index is 1670. The van der Waals surface area contributed by atoms with E-state index in [-0.39, 0.29) is 34.8 Å². The number of H-pyrrole nitrogens is 2. The molecule has 0 radical (unpaired) electrons. The monoisotopic (exact) mass is 518 g/mol. The number of nitrogens with zero attached hydrogens (tertiary/aromatic N) is 4. The Balaban J connectivity index is 1.88. The Labute approximate surface area is 197 Å². The Morgan fingerprint density at radius 3 is 2.54 bits per heavy atom. The fraction of sp³-hybridized carbons (Fsp3) is 0.211. The van der Waals surface area contributed by atoms with Crippen LogP contribution in [0.5, 0.6) is 0 Å². The van der Waals surface area contributed by atoms with Crippen LogP contribution < -0.4 is 10.5 Å². The Hall–Kier alpha value is -3.73. The Morgan fingerprint density at radius 2 is 1.91 bits per heavy atom. The summed E-state index contributed by atoms with van der Waals surface area (Å²) in [5, 5.41) is 30.5. The van der Waals surface area contributed by atoms with Gasteiger partial charge in [-0.1, -0.05) is 18.2 Å². The van der Waals surface area contributed by atoms with Crippen molar-refractivity contribution in [3.8, 4) is 22.5 Å². The standard InChI is InChI=1S/C19H18N8O6S2/c20-35(32,33)16-13(34(30,31)9-6-7-21-8-9)5-4-10(14(16)17-24-26-27-25-17)11-2-1-3-12-15(11)23-18(22-12)19(28)29/h1-5,9,21H,6-8H2,(H,22,23)(H,28,29)(H2,20,32,33)(H,24,25,26,27). The second kappa shape index (κ2) is 8.19. The van der Waals surface area contributed by atoms with E-state index in [2.05, 4.69) is 35.9 Å². The number of carboxylic acid groups (broad SMARTS) is 1. The van der Waals surface area contributed by atoms with Crippen molar-refractivity contribution < 1.29 is 26.7 Å². The predicted molar refractivity (Wildman–Crippen MR) is 121 cm³/mol. The highest BCUT2D eigenvalue weighted by Gasteiger charge is 2.37. The van der Waals surface area contributed by atoms with Crippen molar-refractivity contribution >= 4 is 36.9 Å². The molecule has 16 heteroatoms. The molecule has 1 aliphatic heterocycles. The molecule has 0 bridgehead atoms. The number of para-hydroxylation sites is 1. The van der Waals surface area contributed by atoms with Crippen molar-refractivity contribution in [1.29, 1.82) is 0 Å². The van der Waals surface area contributed by atoms with E-state index in [9.17, 15) is 26.7 Å². The first-order valence-corrected chi connectivity index (χ1v) is 13.3. The summed E-state index contributed by atoms with van der Waals surface area (Å²) < 4.78 is 52.7. The number of fused-ring (bicyclic) bond motifs is 1. The van der Waals surface area contributed by atoms with E-state index in [0.717, 1.165) is 0 Å². The van der Waals surface area contributed by atoms with Crippen LogP contribution >= 0.6 is 0 Å². The first-order valence-electron chi connectivity index (χ1n) is 10.2. The summed E-state index contributed by atoms with van der Waals surface area (Å²) >= 11 is 0. The predicted octanol–water partition coefficient (Wildman–Crippen LogP) is -0.109. The van der Waals surface area contributed by atoms with Gasteiger partial charge in [0.1, 0.15) is 4.90 Å². The fourth-order valence-electron chi connectivity index (χ4n) is 4.21. The van der Waals surface area contributed by atoms with E-state index in [1.807, 2.05) is 0 Å². The maximum absolute atomic E-state index is 13.5. The maximum atomic E-state index is 13.5. The Kier molecular flexibility index (Phi) is 5.39. The van der Waals surface area contributed by atoms with Crippen molar-refractivity contribution in [2.75, 3.05) is 13.1 Å². The van der Waals surface area contributed by atoms with Crippen LogP contribution in [-0.2, 0) is 19.9 Å². The molecule has 2 aromatic carbocycles. The molecule has 1 aliphatic rings. The number of primary sulfonamides is 1. The van der Waals surface area contributed by atoms with Gasteiger partial charge in [-0.15, -0.1) is 10.2 Å². The number of carboxylic acids is 1. The molecule has 1 unspecified atom stereocenters. The molecule has 4 aromatic rings. The molecule has 182 valence electrons. The zero-order chi connectivity index (χ0) is 25.0. The van der Waals surface area contributed by atoms with Crippen molar-refractivity contribution in [2.45, 2.75) is 21.5 Å². The van der Waals surface area contributed by atoms with Gasteiger partial charge in [0, 0.05) is 12.1 Å². The van der Waals surface area contributed by atoms with Crippen molar-refractivity contribution in [1.82, 2.24) is 35.9 Å². The van der Waals surface area contributed by atoms with E-state index < -0.39 is 40.9 Å². The second-order valence-electron chi connectivity index (χ2n) is 7.85. The highest BCUT2D eigenvalue weighted by Crippen LogP contribution is 2.41. The zero-order valence-electron chi connectivity index (χ0n) is 17.8. The molecule has 0 saturated carbocycles. The summed E-state index contributed by atoms with van der Waals surface area (Å²) in [6.45, 7) is 0.633. The van der Waals surface area contributed by atoms with Gasteiger partial charge in [-0.25, -0.2) is 31.8 Å². The first kappa shape index (κ1) is 23.0. The van der Waals surface area contributed by atoms with Crippen LogP contribution in [0.1, 0.15) is 17.0 Å². The number of nitrogens with two attached hydrogens (primary N) is 1. The summed E-state index contributed by atoms with van der Waals surface area (Å²) in [5.74, 6) is -1.83. The third kappa shape index (κ3) is 3.85. The molecule has 5 rings (SSSR count). The lowest BCUT2D eigenvalue weighted by molar-refractivity contribution is 0.0685. The molecular weight excluding hydrogens is 500 g/mol. The van der Waals surface area contributed by atoms with Gasteiger partial charge in [0.15, 0.2) is 9.84 Å². The number of sulfone groups is 1. The lowest BCUT2D eigenvalue weighted by Gasteiger charge is -2.18. The molecule has 1 atom stereocenters. The lowest BCUT2D eigenvalue weighted by atomic mass is 9.98. The third-order valence-electron chi connectivity index (χ3n) is 5.74. The van der Waals surface area contributed by atoms with Crippen LogP contribution in [0.15, 0.2) is 40.1 Å². The van der Waals surface area contributed by atoms with Gasteiger partial charge >= 0.3 is 5.97 Å². The number of hydrogen-bond donors (Lipinski definition) is 5. The average molecular weight is 519 g/mol. The molecule has 0 spiro atoms. The van der Waals surface area contributed by atoms with Crippen LogP contribution in [0.2, 0.25) is 0 Å². The minimum absolute atomic E-state index is 0.163. The molecule has 1 saturated heterocycles. The molecule has 3 heterocycles. The van der Waals surface area contributed by atoms with Crippen LogP contribution in [-0.4, -0.2) is 76.8 Å². The molecule has 2 aromatic heterocycles. The summed E-state index contributed by atoms with van der Waals surface area (Å²) in [7, 11) is -8.76. The molecule has 14 nitrogen and oxygen atoms in total. The summed E-state index contributed by atoms with van der Waals surface area (Å²) in [4.78, 5) is 17.1. The van der Waals surface area contributed by atoms with E-state index >= 15 is 0 Å². The third-order valence-corrected chi connectivity index (χ3v) is 9.10. The van der Waals surface area contributed by atoms with E-state index in [4.69, 9.17) is 5.14 Å². The van der Waals surface area contributed by atoms with Gasteiger partial charge in [-0.05, 0) is 35.9 Å². The van der Waals surface area contributed by atoms with Crippen molar-refractivity contribution in [3.63, 3.8) is 0 Å². The van der Waals surface area contributed by atoms with E-state index in [1.165, 1.54) is 12.1 Å². The summed E-state index contributed by atoms with van der Waals surface area (Å²) in [6.07, 6.45) is 0.302. The van der Waals surface area contributed by atoms with Crippen LogP contribution in [0.25, 0.3) is 33.5 Å². The largest absolute Gasteiger partial charge is 0.475 e. The Morgan fingerprint density at radius 1 is 1.11 bits per heavy atom. The molecule has 35 heavy (non-hydrogen) atoms. The average Bonchev–Trinajstić information content (AvgIpc) is 3.58. The second-order valence-corrected chi connectivity index (χ2v) is 11.5. The van der Waals surface area contributed by atoms with Crippen molar-refractivity contribution in [2.24, 2.45) is 5.14 Å². The molecule has 6 N–H and O–H groups in total. The molecule has 0 amide bonds. The molecular formula is C19H18N8O6S2. The number of rotatable bonds is 6. The quantitative estimate of drug-likeness (QED) is 0.226. The number of hydrogen-bond acceptors (Lipinski definition) is 10. The van der Waals surface area contributed by atoms with E-state index in [1.54, 1.807) is 18.2 Å². The van der Waals surface area contributed by atoms with Crippen LogP contribution in [0.3, 0.4) is 0 Å². The fourth-order valence-corrected chi connectivity index (χ4v) is 7.48. The number of sulfonamides is 1. The lowest BCUT2D eigenvalue weighted by Crippen LogP contribution is -2.27. The van der Waals surface area contributed by atoms with Gasteiger partial charge in [0.2, 0.25) is 21.7 Å². The normalized spacial score (nSPS) is 16.7. The van der Waals surface area contributed by atoms with Gasteiger partial charge in [-0.2, -0.15) is 5.21 Å². The minimum Gasteiger partial charge on any atom is -0.475 e. The van der Waals surface area contributed by atoms with Gasteiger partial charge in [0.25, 0.3) is 0 Å². The SMILES string of the molecule is NS(=O)(=O)c1c(S(=O)(=O)C2CCNC2)ccc(-c2cccc3[nH]c(C(=O)O)nc23)c1-c1nn[nH]n1. The number of nitrogens with one attached hydrogen (secondary N) is 3. The smallest absolute Gasteiger partial charge is 0.371 e. The molecule has 1 fully saturated rings. The maximum Gasteiger partial charge on any atom is 0.371 e. The van der Waals surface area contributed by atoms with Crippen LogP contribution in [0.4, 0.5) is 0 Å². The summed E-state index contributed by atoms with van der Waals surface area (Å²) in [5.41, 5.74) is 0.867. The number of aromatic carboxylic acids is 1. The van der Waals surface area contributed by atoms with Gasteiger partial charge in [-0.3, -0.25) is 0 Å². The summed E-state index contributed by atoms with van der Waals surface area (Å²) in [6, 6.07) is 7.36. The number of tetrazole rings is 1. The zero-order valence-corrected chi connectivity index (χ0v) is 19.4. The van der Waals surface area contributed by atoms with Crippen molar-refractivity contribution in [3.05, 3.63) is 36.2 Å². The first-order chi connectivity index (χ1) is 16.6. The van der Waals surface area contributed by atoms with Gasteiger partial charge < -0.3 is 15.4 Å². The number of carbonyl (C=O) groups is 1.